The van der Waals surface area contributed by atoms with Gasteiger partial charge >= 0.3 is 6.01 Å². The van der Waals surface area contributed by atoms with E-state index >= 15 is 0 Å². The Labute approximate surface area is 143 Å². The van der Waals surface area contributed by atoms with Crippen LogP contribution in [0.15, 0.2) is 60.9 Å². The third-order valence-corrected chi connectivity index (χ3v) is 3.48. The minimum Gasteiger partial charge on any atom is -0.454 e. The highest BCUT2D eigenvalue weighted by atomic mass is 16.7. The van der Waals surface area contributed by atoms with Gasteiger partial charge in [-0.05, 0) is 36.4 Å². The first-order valence-corrected chi connectivity index (χ1v) is 7.54. The standard InChI is InChI=1S/C18H13N3O4/c22-17(12-5-6-15-16(9-12)24-11-23-15)21-13-3-1-4-14(10-13)25-18-19-7-2-8-20-18/h1-10H,11H2,(H,21,22). The average molecular weight is 335 g/mol. The summed E-state index contributed by atoms with van der Waals surface area (Å²) in [5, 5.41) is 2.82. The van der Waals surface area contributed by atoms with E-state index in [1.807, 2.05) is 0 Å². The Morgan fingerprint density at radius 2 is 1.84 bits per heavy atom. The van der Waals surface area contributed by atoms with Crippen molar-refractivity contribution in [2.75, 3.05) is 12.1 Å². The van der Waals surface area contributed by atoms with Gasteiger partial charge < -0.3 is 19.5 Å². The predicted octanol–water partition coefficient (Wildman–Crippen LogP) is 3.25. The summed E-state index contributed by atoms with van der Waals surface area (Å²) in [5.74, 6) is 1.46. The molecule has 2 aromatic carbocycles. The van der Waals surface area contributed by atoms with E-state index in [0.29, 0.717) is 28.5 Å². The lowest BCUT2D eigenvalue weighted by molar-refractivity contribution is 0.102. The summed E-state index contributed by atoms with van der Waals surface area (Å²) >= 11 is 0. The minimum absolute atomic E-state index is 0.168. The minimum atomic E-state index is -0.258. The molecule has 0 aliphatic carbocycles. The molecule has 1 aliphatic rings. The number of anilines is 1. The molecule has 0 radical (unpaired) electrons. The molecule has 0 spiro atoms. The van der Waals surface area contributed by atoms with E-state index in [2.05, 4.69) is 15.3 Å². The van der Waals surface area contributed by atoms with Crippen LogP contribution < -0.4 is 19.5 Å². The van der Waals surface area contributed by atoms with Crippen LogP contribution in [0.4, 0.5) is 5.69 Å². The molecule has 1 amide bonds. The average Bonchev–Trinajstić information content (AvgIpc) is 3.10. The SMILES string of the molecule is O=C(Nc1cccc(Oc2ncccn2)c1)c1ccc2c(c1)OCO2. The molecular weight excluding hydrogens is 322 g/mol. The zero-order chi connectivity index (χ0) is 17.1. The molecule has 1 aliphatic heterocycles. The van der Waals surface area contributed by atoms with Crippen LogP contribution in [0.5, 0.6) is 23.3 Å². The summed E-state index contributed by atoms with van der Waals surface area (Å²) in [6, 6.07) is 14.0. The van der Waals surface area contributed by atoms with Crippen molar-refractivity contribution >= 4 is 11.6 Å². The van der Waals surface area contributed by atoms with Crippen molar-refractivity contribution in [3.63, 3.8) is 0 Å². The van der Waals surface area contributed by atoms with Crippen LogP contribution in [0.3, 0.4) is 0 Å². The number of nitrogens with zero attached hydrogens (tertiary/aromatic N) is 2. The maximum atomic E-state index is 12.4. The molecule has 124 valence electrons. The molecule has 1 aromatic heterocycles. The molecule has 0 saturated carbocycles. The van der Waals surface area contributed by atoms with Crippen molar-refractivity contribution in [3.8, 4) is 23.3 Å². The molecule has 0 saturated heterocycles. The lowest BCUT2D eigenvalue weighted by Gasteiger charge is -2.08. The van der Waals surface area contributed by atoms with Crippen LogP contribution in [0, 0.1) is 0 Å². The van der Waals surface area contributed by atoms with Crippen LogP contribution in [-0.4, -0.2) is 22.7 Å². The zero-order valence-electron chi connectivity index (χ0n) is 13.0. The molecule has 7 nitrogen and oxygen atoms in total. The summed E-state index contributed by atoms with van der Waals surface area (Å²) in [6.45, 7) is 0.168. The van der Waals surface area contributed by atoms with Gasteiger partial charge in [-0.25, -0.2) is 9.97 Å². The Morgan fingerprint density at radius 1 is 1.00 bits per heavy atom. The molecule has 0 bridgehead atoms. The Hall–Kier alpha value is -3.61. The monoisotopic (exact) mass is 335 g/mol. The second-order valence-corrected chi connectivity index (χ2v) is 5.18. The number of aromatic nitrogens is 2. The van der Waals surface area contributed by atoms with Gasteiger partial charge in [0.25, 0.3) is 5.91 Å². The lowest BCUT2D eigenvalue weighted by Crippen LogP contribution is -2.11. The molecule has 2 heterocycles. The largest absolute Gasteiger partial charge is 0.454 e. The fraction of sp³-hybridized carbons (Fsp3) is 0.0556. The topological polar surface area (TPSA) is 82.6 Å². The Balaban J connectivity index is 1.49. The van der Waals surface area contributed by atoms with Gasteiger partial charge in [-0.3, -0.25) is 4.79 Å². The van der Waals surface area contributed by atoms with Crippen molar-refractivity contribution in [1.82, 2.24) is 9.97 Å². The molecule has 3 aromatic rings. The molecule has 0 unspecified atom stereocenters. The Bertz CT molecular complexity index is 915. The maximum absolute atomic E-state index is 12.4. The first-order valence-electron chi connectivity index (χ1n) is 7.54. The van der Waals surface area contributed by atoms with Gasteiger partial charge in [-0.2, -0.15) is 0 Å². The normalized spacial score (nSPS) is 11.8. The summed E-state index contributed by atoms with van der Waals surface area (Å²) in [4.78, 5) is 20.4. The number of ether oxygens (including phenoxy) is 3. The van der Waals surface area contributed by atoms with Crippen molar-refractivity contribution < 1.29 is 19.0 Å². The maximum Gasteiger partial charge on any atom is 0.321 e. The highest BCUT2D eigenvalue weighted by Gasteiger charge is 2.16. The third-order valence-electron chi connectivity index (χ3n) is 3.48. The van der Waals surface area contributed by atoms with Crippen LogP contribution in [0.25, 0.3) is 0 Å². The van der Waals surface area contributed by atoms with Crippen molar-refractivity contribution in [2.24, 2.45) is 0 Å². The van der Waals surface area contributed by atoms with Crippen molar-refractivity contribution in [2.45, 2.75) is 0 Å². The number of fused-ring (bicyclic) bond motifs is 1. The van der Waals surface area contributed by atoms with E-state index in [1.165, 1.54) is 0 Å². The number of nitrogens with one attached hydrogen (secondary N) is 1. The quantitative estimate of drug-likeness (QED) is 0.788. The van der Waals surface area contributed by atoms with E-state index in [1.54, 1.807) is 60.9 Å². The fourth-order valence-corrected chi connectivity index (χ4v) is 2.32. The number of rotatable bonds is 4. The number of hydrogen-bond acceptors (Lipinski definition) is 6. The van der Waals surface area contributed by atoms with E-state index in [9.17, 15) is 4.79 Å². The first kappa shape index (κ1) is 14.9. The summed E-state index contributed by atoms with van der Waals surface area (Å²) in [7, 11) is 0. The van der Waals surface area contributed by atoms with Crippen LogP contribution >= 0.6 is 0 Å². The molecule has 1 N–H and O–H groups in total. The number of hydrogen-bond donors (Lipinski definition) is 1. The van der Waals surface area contributed by atoms with Crippen LogP contribution in [0.1, 0.15) is 10.4 Å². The van der Waals surface area contributed by atoms with E-state index in [0.717, 1.165) is 0 Å². The van der Waals surface area contributed by atoms with Gasteiger partial charge in [-0.15, -0.1) is 0 Å². The third kappa shape index (κ3) is 3.35. The summed E-state index contributed by atoms with van der Waals surface area (Å²) < 4.78 is 16.1. The number of carbonyl (C=O) groups excluding carboxylic acids is 1. The fourth-order valence-electron chi connectivity index (χ4n) is 2.32. The lowest BCUT2D eigenvalue weighted by atomic mass is 10.2. The predicted molar refractivity (Wildman–Crippen MR) is 89.1 cm³/mol. The van der Waals surface area contributed by atoms with E-state index < -0.39 is 0 Å². The Kier molecular flexibility index (Phi) is 3.88. The van der Waals surface area contributed by atoms with Crippen molar-refractivity contribution in [1.29, 1.82) is 0 Å². The van der Waals surface area contributed by atoms with Crippen LogP contribution in [0.2, 0.25) is 0 Å². The number of carbonyl (C=O) groups is 1. The summed E-state index contributed by atoms with van der Waals surface area (Å²) in [5.41, 5.74) is 1.07. The number of benzene rings is 2. The van der Waals surface area contributed by atoms with Gasteiger partial charge in [0.1, 0.15) is 5.75 Å². The van der Waals surface area contributed by atoms with Crippen LogP contribution in [-0.2, 0) is 0 Å². The molecule has 4 rings (SSSR count). The molecule has 0 fully saturated rings. The second kappa shape index (κ2) is 6.48. The second-order valence-electron chi connectivity index (χ2n) is 5.18. The highest BCUT2D eigenvalue weighted by molar-refractivity contribution is 6.04. The van der Waals surface area contributed by atoms with E-state index in [-0.39, 0.29) is 18.7 Å². The smallest absolute Gasteiger partial charge is 0.321 e. The molecule has 0 atom stereocenters. The first-order chi connectivity index (χ1) is 12.3. The van der Waals surface area contributed by atoms with E-state index in [4.69, 9.17) is 14.2 Å². The Morgan fingerprint density at radius 3 is 2.72 bits per heavy atom. The van der Waals surface area contributed by atoms with Gasteiger partial charge in [0.15, 0.2) is 11.5 Å². The highest BCUT2D eigenvalue weighted by Crippen LogP contribution is 2.32. The molecule has 25 heavy (non-hydrogen) atoms. The van der Waals surface area contributed by atoms with Crippen molar-refractivity contribution in [3.05, 3.63) is 66.5 Å². The van der Waals surface area contributed by atoms with Gasteiger partial charge in [0.2, 0.25) is 6.79 Å². The molecular formula is C18H13N3O4. The van der Waals surface area contributed by atoms with Gasteiger partial charge in [0.05, 0.1) is 0 Å². The summed E-state index contributed by atoms with van der Waals surface area (Å²) in [6.07, 6.45) is 3.18. The van der Waals surface area contributed by atoms with Gasteiger partial charge in [0, 0.05) is 29.7 Å². The molecule has 7 heteroatoms. The number of amides is 1. The van der Waals surface area contributed by atoms with Gasteiger partial charge in [-0.1, -0.05) is 6.07 Å². The zero-order valence-corrected chi connectivity index (χ0v) is 13.0.